The first-order valence-corrected chi connectivity index (χ1v) is 6.30. The van der Waals surface area contributed by atoms with Gasteiger partial charge in [0.15, 0.2) is 5.82 Å². The molecule has 5 nitrogen and oxygen atoms in total. The minimum Gasteiger partial charge on any atom is -0.206 e. The third-order valence-corrected chi connectivity index (χ3v) is 2.98. The van der Waals surface area contributed by atoms with Crippen molar-refractivity contribution in [2.45, 2.75) is 6.92 Å². The molecule has 0 unspecified atom stereocenters. The summed E-state index contributed by atoms with van der Waals surface area (Å²) in [5, 5.41) is 3.77. The molecule has 106 valence electrons. The lowest BCUT2D eigenvalue weighted by Gasteiger charge is -2.07. The van der Waals surface area contributed by atoms with Gasteiger partial charge in [0.05, 0.1) is 5.56 Å². The summed E-state index contributed by atoms with van der Waals surface area (Å²) in [7, 11) is 0. The van der Waals surface area contributed by atoms with Crippen LogP contribution in [0, 0.1) is 18.6 Å². The van der Waals surface area contributed by atoms with Crippen LogP contribution in [0.2, 0.25) is 5.28 Å². The zero-order valence-corrected chi connectivity index (χ0v) is 11.5. The Kier molecular flexibility index (Phi) is 3.34. The van der Waals surface area contributed by atoms with Crippen molar-refractivity contribution in [1.29, 1.82) is 0 Å². The third kappa shape index (κ3) is 2.47. The summed E-state index contributed by atoms with van der Waals surface area (Å²) >= 11 is 5.81. The summed E-state index contributed by atoms with van der Waals surface area (Å²) in [6.07, 6.45) is 3.10. The smallest absolute Gasteiger partial charge is 0.206 e. The number of hydrogen-bond donors (Lipinski definition) is 0. The van der Waals surface area contributed by atoms with Crippen LogP contribution in [0.3, 0.4) is 0 Å². The maximum absolute atomic E-state index is 14.1. The second-order valence-electron chi connectivity index (χ2n) is 4.23. The Labute approximate surface area is 123 Å². The van der Waals surface area contributed by atoms with Gasteiger partial charge in [0.25, 0.3) is 5.95 Å². The molecule has 3 rings (SSSR count). The summed E-state index contributed by atoms with van der Waals surface area (Å²) < 4.78 is 29.4. The van der Waals surface area contributed by atoms with E-state index < -0.39 is 11.6 Å². The molecule has 0 aliphatic rings. The molecule has 0 spiro atoms. The van der Waals surface area contributed by atoms with E-state index in [1.807, 2.05) is 0 Å². The second-order valence-corrected chi connectivity index (χ2v) is 4.57. The van der Waals surface area contributed by atoms with Gasteiger partial charge in [-0.15, -0.1) is 0 Å². The Morgan fingerprint density at radius 3 is 2.67 bits per heavy atom. The molecule has 0 aliphatic heterocycles. The van der Waals surface area contributed by atoms with E-state index in [2.05, 4.69) is 20.1 Å². The molecule has 0 aliphatic carbocycles. The largest absolute Gasteiger partial charge is 0.255 e. The Morgan fingerprint density at radius 1 is 1.14 bits per heavy atom. The van der Waals surface area contributed by atoms with E-state index in [1.54, 1.807) is 12.3 Å². The van der Waals surface area contributed by atoms with Gasteiger partial charge in [0.1, 0.15) is 11.6 Å². The highest BCUT2D eigenvalue weighted by Gasteiger charge is 2.18. The predicted molar refractivity (Wildman–Crippen MR) is 72.0 cm³/mol. The lowest BCUT2D eigenvalue weighted by Crippen LogP contribution is -2.07. The van der Waals surface area contributed by atoms with Crippen molar-refractivity contribution >= 4 is 11.6 Å². The van der Waals surface area contributed by atoms with Crippen molar-refractivity contribution in [3.8, 4) is 17.3 Å². The van der Waals surface area contributed by atoms with Crippen LogP contribution in [0.5, 0.6) is 0 Å². The van der Waals surface area contributed by atoms with E-state index in [-0.39, 0.29) is 28.2 Å². The zero-order valence-electron chi connectivity index (χ0n) is 10.8. The second kappa shape index (κ2) is 5.17. The quantitative estimate of drug-likeness (QED) is 0.730. The van der Waals surface area contributed by atoms with Crippen molar-refractivity contribution in [3.05, 3.63) is 53.1 Å². The monoisotopic (exact) mass is 307 g/mol. The van der Waals surface area contributed by atoms with Crippen molar-refractivity contribution in [2.24, 2.45) is 0 Å². The normalized spacial score (nSPS) is 10.9. The van der Waals surface area contributed by atoms with Crippen LogP contribution in [0.4, 0.5) is 8.78 Å². The maximum atomic E-state index is 14.1. The molecule has 0 atom stereocenters. The van der Waals surface area contributed by atoms with Crippen molar-refractivity contribution < 1.29 is 8.78 Å². The fourth-order valence-electron chi connectivity index (χ4n) is 1.80. The molecule has 0 fully saturated rings. The van der Waals surface area contributed by atoms with Crippen molar-refractivity contribution in [3.63, 3.8) is 0 Å². The van der Waals surface area contributed by atoms with E-state index >= 15 is 0 Å². The van der Waals surface area contributed by atoms with Gasteiger partial charge in [0.2, 0.25) is 5.28 Å². The predicted octanol–water partition coefficient (Wildman–Crippen LogP) is 2.96. The van der Waals surface area contributed by atoms with E-state index in [0.29, 0.717) is 0 Å². The molecule has 0 amide bonds. The standard InChI is InChI=1S/C13H8ClF2N5/c1-7-3-4-8(15)9(10(7)16)11-18-12(14)20-13(19-11)21-6-2-5-17-21/h2-6H,1H3. The van der Waals surface area contributed by atoms with Crippen LogP contribution in [0.1, 0.15) is 5.56 Å². The Morgan fingerprint density at radius 2 is 1.95 bits per heavy atom. The number of aromatic nitrogens is 5. The molecule has 0 N–H and O–H groups in total. The Hall–Kier alpha value is -2.41. The average Bonchev–Trinajstić information content (AvgIpc) is 2.97. The summed E-state index contributed by atoms with van der Waals surface area (Å²) in [4.78, 5) is 11.7. The summed E-state index contributed by atoms with van der Waals surface area (Å²) in [5.41, 5.74) is -0.0590. The number of benzene rings is 1. The number of aryl methyl sites for hydroxylation is 1. The highest BCUT2D eigenvalue weighted by atomic mass is 35.5. The number of halogens is 3. The lowest BCUT2D eigenvalue weighted by molar-refractivity contribution is 0.581. The van der Waals surface area contributed by atoms with Crippen molar-refractivity contribution in [1.82, 2.24) is 24.7 Å². The van der Waals surface area contributed by atoms with Gasteiger partial charge in [0, 0.05) is 12.4 Å². The van der Waals surface area contributed by atoms with E-state index in [0.717, 1.165) is 6.07 Å². The van der Waals surface area contributed by atoms with E-state index in [9.17, 15) is 8.78 Å². The molecule has 8 heteroatoms. The third-order valence-electron chi connectivity index (χ3n) is 2.81. The molecule has 3 aromatic rings. The number of hydrogen-bond acceptors (Lipinski definition) is 4. The average molecular weight is 308 g/mol. The topological polar surface area (TPSA) is 56.5 Å². The molecule has 0 saturated carbocycles. The first kappa shape index (κ1) is 13.6. The summed E-state index contributed by atoms with van der Waals surface area (Å²) in [5.74, 6) is -1.61. The number of nitrogens with zero attached hydrogens (tertiary/aromatic N) is 5. The van der Waals surface area contributed by atoms with Gasteiger partial charge in [-0.2, -0.15) is 20.1 Å². The fraction of sp³-hybridized carbons (Fsp3) is 0.0769. The molecular weight excluding hydrogens is 300 g/mol. The van der Waals surface area contributed by atoms with E-state index in [4.69, 9.17) is 11.6 Å². The Balaban J connectivity index is 2.23. The van der Waals surface area contributed by atoms with Crippen LogP contribution < -0.4 is 0 Å². The maximum Gasteiger partial charge on any atom is 0.255 e. The van der Waals surface area contributed by atoms with Crippen LogP contribution >= 0.6 is 11.6 Å². The van der Waals surface area contributed by atoms with Gasteiger partial charge in [-0.25, -0.2) is 13.5 Å². The molecule has 1 aromatic carbocycles. The minimum absolute atomic E-state index is 0.0790. The highest BCUT2D eigenvalue weighted by Crippen LogP contribution is 2.26. The van der Waals surface area contributed by atoms with Crippen LogP contribution in [-0.2, 0) is 0 Å². The van der Waals surface area contributed by atoms with Crippen LogP contribution in [0.15, 0.2) is 30.6 Å². The highest BCUT2D eigenvalue weighted by molar-refractivity contribution is 6.28. The first-order chi connectivity index (χ1) is 10.1. The van der Waals surface area contributed by atoms with Gasteiger partial charge < -0.3 is 0 Å². The SMILES string of the molecule is Cc1ccc(F)c(-c2nc(Cl)nc(-n3cccn3)n2)c1F. The fourth-order valence-corrected chi connectivity index (χ4v) is 1.96. The minimum atomic E-state index is -0.771. The van der Waals surface area contributed by atoms with Crippen LogP contribution in [0.25, 0.3) is 17.3 Å². The molecule has 0 radical (unpaired) electrons. The van der Waals surface area contributed by atoms with E-state index in [1.165, 1.54) is 23.9 Å². The van der Waals surface area contributed by atoms with Gasteiger partial charge in [-0.05, 0) is 36.2 Å². The molecule has 2 aromatic heterocycles. The molecular formula is C13H8ClF2N5. The molecule has 2 heterocycles. The first-order valence-electron chi connectivity index (χ1n) is 5.93. The zero-order chi connectivity index (χ0) is 15.0. The molecule has 0 bridgehead atoms. The van der Waals surface area contributed by atoms with Crippen molar-refractivity contribution in [2.75, 3.05) is 0 Å². The van der Waals surface area contributed by atoms with Crippen LogP contribution in [-0.4, -0.2) is 24.7 Å². The summed E-state index contributed by atoms with van der Waals surface area (Å²) in [6.45, 7) is 1.52. The summed E-state index contributed by atoms with van der Waals surface area (Å²) in [6, 6.07) is 4.15. The molecule has 21 heavy (non-hydrogen) atoms. The van der Waals surface area contributed by atoms with Gasteiger partial charge >= 0.3 is 0 Å². The lowest BCUT2D eigenvalue weighted by atomic mass is 10.1. The molecule has 0 saturated heterocycles. The van der Waals surface area contributed by atoms with Gasteiger partial charge in [-0.3, -0.25) is 0 Å². The van der Waals surface area contributed by atoms with Gasteiger partial charge in [-0.1, -0.05) is 6.07 Å². The Bertz CT molecular complexity index is 805. The number of rotatable bonds is 2.